The van der Waals surface area contributed by atoms with Crippen molar-refractivity contribution >= 4 is 38.5 Å². The summed E-state index contributed by atoms with van der Waals surface area (Å²) in [6, 6.07) is 6.69. The van der Waals surface area contributed by atoms with Gasteiger partial charge in [0.25, 0.3) is 10.0 Å². The third kappa shape index (κ3) is 2.24. The van der Waals surface area contributed by atoms with E-state index >= 15 is 0 Å². The maximum absolute atomic E-state index is 11.8. The molecule has 0 saturated carbocycles. The normalized spacial score (nSPS) is 15.9. The van der Waals surface area contributed by atoms with Crippen molar-refractivity contribution in [2.75, 3.05) is 10.3 Å². The van der Waals surface area contributed by atoms with E-state index in [1.165, 1.54) is 23.7 Å². The molecule has 0 aliphatic carbocycles. The molecule has 1 aliphatic rings. The number of nitrogen functional groups attached to an aromatic ring is 1. The molecule has 20 heavy (non-hydrogen) atoms. The van der Waals surface area contributed by atoms with E-state index in [0.717, 1.165) is 0 Å². The van der Waals surface area contributed by atoms with E-state index in [-0.39, 0.29) is 4.90 Å². The van der Waals surface area contributed by atoms with Crippen LogP contribution in [0.25, 0.3) is 0 Å². The van der Waals surface area contributed by atoms with E-state index in [9.17, 15) is 8.42 Å². The summed E-state index contributed by atoms with van der Waals surface area (Å²) in [7, 11) is -3.60. The highest BCUT2D eigenvalue weighted by Crippen LogP contribution is 2.30. The van der Waals surface area contributed by atoms with Crippen LogP contribution in [0, 0.1) is 0 Å². The van der Waals surface area contributed by atoms with E-state index in [1.54, 1.807) is 23.1 Å². The van der Waals surface area contributed by atoms with Crippen molar-refractivity contribution in [1.82, 2.24) is 10.2 Å². The molecular formula is C10H10N6O2S2. The topological polar surface area (TPSA) is 114 Å². The summed E-state index contributed by atoms with van der Waals surface area (Å²) in [5.74, 6) is 5.25. The molecule has 1 aromatic carbocycles. The largest absolute Gasteiger partial charge is 0.323 e. The SMILES string of the molecule is NNc1nnc(CN2C=NS(=O)(=O)c3ccccc32)s1. The molecule has 0 atom stereocenters. The molecule has 0 spiro atoms. The second-order valence-corrected chi connectivity index (χ2v) is 6.60. The van der Waals surface area contributed by atoms with Crippen molar-refractivity contribution in [2.45, 2.75) is 11.4 Å². The number of fused-ring (bicyclic) bond motifs is 1. The monoisotopic (exact) mass is 310 g/mol. The van der Waals surface area contributed by atoms with Crippen molar-refractivity contribution in [2.24, 2.45) is 10.2 Å². The number of anilines is 2. The Morgan fingerprint density at radius 2 is 2.10 bits per heavy atom. The zero-order chi connectivity index (χ0) is 14.2. The minimum Gasteiger partial charge on any atom is -0.323 e. The summed E-state index contributed by atoms with van der Waals surface area (Å²) in [6.45, 7) is 0.370. The fourth-order valence-corrected chi connectivity index (χ4v) is 3.50. The standard InChI is InChI=1S/C10H10N6O2S2/c11-13-10-15-14-9(19-10)5-16-6-12-20(17,18)8-4-2-1-3-7(8)16/h1-4,6H,5,11H2,(H,13,15). The van der Waals surface area contributed by atoms with E-state index in [0.29, 0.717) is 22.4 Å². The Bertz CT molecular complexity index is 770. The first-order valence-electron chi connectivity index (χ1n) is 5.55. The van der Waals surface area contributed by atoms with Gasteiger partial charge in [0.05, 0.1) is 12.2 Å². The quantitative estimate of drug-likeness (QED) is 0.629. The summed E-state index contributed by atoms with van der Waals surface area (Å²) < 4.78 is 27.3. The molecule has 104 valence electrons. The molecule has 0 bridgehead atoms. The lowest BCUT2D eigenvalue weighted by atomic mass is 10.3. The summed E-state index contributed by atoms with van der Waals surface area (Å²) in [5.41, 5.74) is 2.98. The lowest BCUT2D eigenvalue weighted by Gasteiger charge is -2.23. The van der Waals surface area contributed by atoms with Gasteiger partial charge < -0.3 is 4.90 Å². The molecule has 0 saturated heterocycles. The molecule has 1 aliphatic heterocycles. The van der Waals surface area contributed by atoms with Crippen molar-refractivity contribution in [3.8, 4) is 0 Å². The van der Waals surface area contributed by atoms with Crippen LogP contribution < -0.4 is 16.2 Å². The highest BCUT2D eigenvalue weighted by Gasteiger charge is 2.25. The van der Waals surface area contributed by atoms with Crippen LogP contribution in [0.3, 0.4) is 0 Å². The maximum atomic E-state index is 11.8. The Kier molecular flexibility index (Phi) is 3.12. The average Bonchev–Trinajstić information content (AvgIpc) is 2.90. The van der Waals surface area contributed by atoms with Gasteiger partial charge in [0.15, 0.2) is 0 Å². The van der Waals surface area contributed by atoms with Crippen LogP contribution in [-0.4, -0.2) is 25.0 Å². The second kappa shape index (κ2) is 4.81. The van der Waals surface area contributed by atoms with E-state index in [1.807, 2.05) is 0 Å². The first-order chi connectivity index (χ1) is 9.60. The number of benzene rings is 1. The molecule has 10 heteroatoms. The van der Waals surface area contributed by atoms with Crippen molar-refractivity contribution in [3.63, 3.8) is 0 Å². The van der Waals surface area contributed by atoms with Gasteiger partial charge >= 0.3 is 0 Å². The number of sulfonamides is 1. The third-order valence-electron chi connectivity index (χ3n) is 2.67. The number of hydrogen-bond donors (Lipinski definition) is 2. The average molecular weight is 310 g/mol. The number of hydrogen-bond acceptors (Lipinski definition) is 8. The lowest BCUT2D eigenvalue weighted by Crippen LogP contribution is -2.26. The molecule has 3 rings (SSSR count). The number of hydrazine groups is 1. The van der Waals surface area contributed by atoms with Crippen molar-refractivity contribution in [3.05, 3.63) is 29.3 Å². The van der Waals surface area contributed by atoms with E-state index in [2.05, 4.69) is 20.0 Å². The number of rotatable bonds is 3. The third-order valence-corrected chi connectivity index (χ3v) is 4.79. The van der Waals surface area contributed by atoms with Gasteiger partial charge in [-0.1, -0.05) is 23.5 Å². The van der Waals surface area contributed by atoms with Crippen LogP contribution >= 0.6 is 11.3 Å². The molecule has 0 amide bonds. The van der Waals surface area contributed by atoms with E-state index in [4.69, 9.17) is 5.84 Å². The molecule has 0 fully saturated rings. The highest BCUT2D eigenvalue weighted by atomic mass is 32.2. The van der Waals surface area contributed by atoms with Crippen LogP contribution in [0.1, 0.15) is 5.01 Å². The Hall–Kier alpha value is -2.04. The van der Waals surface area contributed by atoms with Gasteiger partial charge in [-0.25, -0.2) is 5.84 Å². The lowest BCUT2D eigenvalue weighted by molar-refractivity contribution is 0.597. The fraction of sp³-hybridized carbons (Fsp3) is 0.100. The van der Waals surface area contributed by atoms with Crippen LogP contribution in [0.2, 0.25) is 0 Å². The van der Waals surface area contributed by atoms with Crippen LogP contribution in [0.5, 0.6) is 0 Å². The first-order valence-corrected chi connectivity index (χ1v) is 7.81. The van der Waals surface area contributed by atoms with E-state index < -0.39 is 10.0 Å². The summed E-state index contributed by atoms with van der Waals surface area (Å²) in [4.78, 5) is 1.89. The summed E-state index contributed by atoms with van der Waals surface area (Å²) in [6.07, 6.45) is 1.29. The van der Waals surface area contributed by atoms with Gasteiger partial charge in [0, 0.05) is 0 Å². The number of aromatic nitrogens is 2. The zero-order valence-corrected chi connectivity index (χ0v) is 11.7. The number of nitrogens with two attached hydrogens (primary N) is 1. The van der Waals surface area contributed by atoms with Crippen molar-refractivity contribution < 1.29 is 8.42 Å². The molecule has 2 aromatic rings. The fourth-order valence-electron chi connectivity index (χ4n) is 1.80. The van der Waals surface area contributed by atoms with Crippen LogP contribution in [0.15, 0.2) is 33.6 Å². The van der Waals surface area contributed by atoms with Gasteiger partial charge in [-0.15, -0.1) is 14.6 Å². The summed E-state index contributed by atoms with van der Waals surface area (Å²) >= 11 is 1.29. The second-order valence-electron chi connectivity index (χ2n) is 3.94. The molecule has 2 heterocycles. The minimum atomic E-state index is -3.60. The molecular weight excluding hydrogens is 300 g/mol. The molecule has 8 nitrogen and oxygen atoms in total. The first kappa shape index (κ1) is 13.0. The zero-order valence-electron chi connectivity index (χ0n) is 10.1. The van der Waals surface area contributed by atoms with Crippen molar-refractivity contribution in [1.29, 1.82) is 0 Å². The Morgan fingerprint density at radius 3 is 2.85 bits per heavy atom. The Labute approximate surface area is 119 Å². The predicted molar refractivity (Wildman–Crippen MR) is 76.0 cm³/mol. The van der Waals surface area contributed by atoms with Crippen LogP contribution in [0.4, 0.5) is 10.8 Å². The van der Waals surface area contributed by atoms with Gasteiger partial charge in [-0.2, -0.15) is 8.42 Å². The van der Waals surface area contributed by atoms with Gasteiger partial charge in [0.2, 0.25) is 5.13 Å². The van der Waals surface area contributed by atoms with Gasteiger partial charge in [0.1, 0.15) is 16.2 Å². The summed E-state index contributed by atoms with van der Waals surface area (Å²) in [5, 5.41) is 8.98. The van der Waals surface area contributed by atoms with Gasteiger partial charge in [-0.05, 0) is 12.1 Å². The predicted octanol–water partition coefficient (Wildman–Crippen LogP) is 0.561. The minimum absolute atomic E-state index is 0.184. The molecule has 3 N–H and O–H groups in total. The number of nitrogens with one attached hydrogen (secondary N) is 1. The molecule has 1 aromatic heterocycles. The molecule has 0 unspecified atom stereocenters. The smallest absolute Gasteiger partial charge is 0.285 e. The number of para-hydroxylation sites is 1. The molecule has 0 radical (unpaired) electrons. The van der Waals surface area contributed by atoms with Crippen LogP contribution in [-0.2, 0) is 16.6 Å². The maximum Gasteiger partial charge on any atom is 0.285 e. The highest BCUT2D eigenvalue weighted by molar-refractivity contribution is 7.90. The number of nitrogens with zero attached hydrogens (tertiary/aromatic N) is 4. The Morgan fingerprint density at radius 1 is 1.30 bits per heavy atom. The van der Waals surface area contributed by atoms with Gasteiger partial charge in [-0.3, -0.25) is 5.43 Å². The Balaban J connectivity index is 1.95.